The van der Waals surface area contributed by atoms with Gasteiger partial charge < -0.3 is 0 Å². The van der Waals surface area contributed by atoms with E-state index in [2.05, 4.69) is 87.9 Å². The molecule has 0 amide bonds. The third-order valence-corrected chi connectivity index (χ3v) is 44.3. The van der Waals surface area contributed by atoms with Gasteiger partial charge in [-0.05, 0) is 0 Å². The molecule has 0 heterocycles. The molecule has 0 radical (unpaired) electrons. The van der Waals surface area contributed by atoms with E-state index in [1.165, 1.54) is 24.8 Å². The Morgan fingerprint density at radius 1 is 0.846 bits per heavy atom. The summed E-state index contributed by atoms with van der Waals surface area (Å²) < 4.78 is 19.2. The summed E-state index contributed by atoms with van der Waals surface area (Å²) in [4.78, 5) is 0. The summed E-state index contributed by atoms with van der Waals surface area (Å²) in [6.45, 7) is 2.55. The Kier molecular flexibility index (Phi) is 2.10. The summed E-state index contributed by atoms with van der Waals surface area (Å²) in [5.41, 5.74) is 6.18. The molecule has 1 aromatic carbocycles. The molecule has 1 unspecified atom stereocenters. The Morgan fingerprint density at radius 2 is 1.38 bits per heavy atom. The van der Waals surface area contributed by atoms with E-state index in [4.69, 9.17) is 0 Å². The average molecular weight is 431 g/mol. The van der Waals surface area contributed by atoms with Gasteiger partial charge in [0.25, 0.3) is 0 Å². The Balaban J connectivity index is 2.19. The van der Waals surface area contributed by atoms with E-state index in [9.17, 15) is 0 Å². The normalized spacial score (nSPS) is 32.7. The molecule has 0 bridgehead atoms. The van der Waals surface area contributed by atoms with Gasteiger partial charge in [0.15, 0.2) is 0 Å². The van der Waals surface area contributed by atoms with Gasteiger partial charge in [0.1, 0.15) is 0 Å². The predicted molar refractivity (Wildman–Crippen MR) is 118 cm³/mol. The summed E-state index contributed by atoms with van der Waals surface area (Å²) in [5.74, 6) is 0. The van der Waals surface area contributed by atoms with E-state index in [0.29, 0.717) is 3.63 Å². The van der Waals surface area contributed by atoms with Crippen LogP contribution in [0, 0.1) is 0 Å². The van der Waals surface area contributed by atoms with Crippen molar-refractivity contribution in [1.82, 2.24) is 0 Å². The van der Waals surface area contributed by atoms with Crippen LogP contribution in [0.3, 0.4) is 0 Å². The van der Waals surface area contributed by atoms with Crippen molar-refractivity contribution in [1.29, 1.82) is 0 Å². The molecular weight excluding hydrogens is 391 g/mol. The maximum atomic E-state index is 2.69. The van der Waals surface area contributed by atoms with E-state index in [0.717, 1.165) is 0 Å². The van der Waals surface area contributed by atoms with E-state index in [1.54, 1.807) is 16.7 Å². The van der Waals surface area contributed by atoms with E-state index in [-0.39, 0.29) is 3.12 Å². The van der Waals surface area contributed by atoms with Gasteiger partial charge >= 0.3 is 149 Å². The molecule has 4 rings (SSSR count). The van der Waals surface area contributed by atoms with Crippen molar-refractivity contribution in [3.8, 4) is 0 Å². The van der Waals surface area contributed by atoms with Crippen molar-refractivity contribution in [2.24, 2.45) is 0 Å². The van der Waals surface area contributed by atoms with Gasteiger partial charge in [-0.2, -0.15) is 0 Å². The first-order valence-corrected chi connectivity index (χ1v) is 30.6. The molecule has 143 valence electrons. The SMILES string of the molecule is C[C]1([Zr]([CH3])([CH3])([CH3])([CH3])([CH3])([CH3])([CH3])[CH]2C=CC=C2)C=Cc2cc3c(cc21)CCC3. The summed E-state index contributed by atoms with van der Waals surface area (Å²) in [6, 6.07) is 5.08. The standard InChI is InChI=1S/C13H13.C5H5.7CH3.Zr/c1-9-5-6-12-7-10-3-2-4-11(10)8-13(9)12;1-2-4-5-3-1;;;;;;;;/h5-8H,2-4H2,1H3;1-5H;7*1H3;. The van der Waals surface area contributed by atoms with Crippen LogP contribution in [-0.2, 0) is 28.8 Å². The van der Waals surface area contributed by atoms with Crippen LogP contribution in [0.1, 0.15) is 35.6 Å². The van der Waals surface area contributed by atoms with Crippen LogP contribution in [0.5, 0.6) is 0 Å². The van der Waals surface area contributed by atoms with Crippen molar-refractivity contribution in [2.45, 2.75) is 65.4 Å². The Labute approximate surface area is 148 Å². The van der Waals surface area contributed by atoms with Crippen LogP contribution >= 0.6 is 0 Å². The molecule has 1 atom stereocenters. The van der Waals surface area contributed by atoms with E-state index >= 15 is 0 Å². The second-order valence-electron chi connectivity index (χ2n) is 20.3. The number of rotatable bonds is 2. The van der Waals surface area contributed by atoms with E-state index < -0.39 is 12.8 Å². The molecule has 0 aliphatic heterocycles. The molecule has 0 fully saturated rings. The first-order valence-electron chi connectivity index (χ1n) is 10.7. The number of hydrogen-bond donors (Lipinski definition) is 0. The zero-order chi connectivity index (χ0) is 19.5. The number of allylic oxidation sites excluding steroid dienone is 5. The van der Waals surface area contributed by atoms with Crippen LogP contribution in [0.25, 0.3) is 6.08 Å². The second kappa shape index (κ2) is 2.92. The second-order valence-corrected chi connectivity index (χ2v) is 95.4. The zero-order valence-corrected chi connectivity index (χ0v) is 20.8. The third-order valence-electron chi connectivity index (χ3n) is 10.6. The first-order chi connectivity index (χ1) is 11.2. The summed E-state index contributed by atoms with van der Waals surface area (Å²) >= 11 is -5.34. The van der Waals surface area contributed by atoms with Gasteiger partial charge in [0, 0.05) is 0 Å². The van der Waals surface area contributed by atoms with Crippen LogP contribution in [-0.4, -0.2) is 0 Å². The molecule has 26 heavy (non-hydrogen) atoms. The summed E-state index contributed by atoms with van der Waals surface area (Å²) in [5, 5.41) is 0. The monoisotopic (exact) mass is 429 g/mol. The van der Waals surface area contributed by atoms with Gasteiger partial charge in [0.2, 0.25) is 0 Å². The number of hydrogen-bond acceptors (Lipinski definition) is 0. The fourth-order valence-electron chi connectivity index (χ4n) is 6.45. The van der Waals surface area contributed by atoms with Crippen molar-refractivity contribution < 1.29 is 12.8 Å². The number of aryl methyl sites for hydroxylation is 2. The van der Waals surface area contributed by atoms with Gasteiger partial charge in [-0.1, -0.05) is 0 Å². The molecule has 0 spiro atoms. The van der Waals surface area contributed by atoms with Crippen molar-refractivity contribution in [3.63, 3.8) is 0 Å². The molecular formula is C25H39Zr. The molecule has 1 aromatic rings. The van der Waals surface area contributed by atoms with Gasteiger partial charge in [-0.15, -0.1) is 0 Å². The molecule has 0 N–H and O–H groups in total. The average Bonchev–Trinajstić information content (AvgIpc) is 3.14. The zero-order valence-electron chi connectivity index (χ0n) is 18.3. The van der Waals surface area contributed by atoms with Crippen LogP contribution in [0.4, 0.5) is 0 Å². The molecule has 1 heteroatoms. The molecule has 3 aliphatic rings. The van der Waals surface area contributed by atoms with Gasteiger partial charge in [-0.3, -0.25) is 0 Å². The molecule has 0 saturated heterocycles. The predicted octanol–water partition coefficient (Wildman–Crippen LogP) is 8.50. The van der Waals surface area contributed by atoms with Crippen molar-refractivity contribution in [2.75, 3.05) is 0 Å². The molecule has 0 aromatic heterocycles. The van der Waals surface area contributed by atoms with Gasteiger partial charge in [-0.25, -0.2) is 0 Å². The Morgan fingerprint density at radius 3 is 1.96 bits per heavy atom. The topological polar surface area (TPSA) is 0 Å². The van der Waals surface area contributed by atoms with Crippen molar-refractivity contribution in [3.05, 3.63) is 64.8 Å². The maximum absolute atomic E-state index is 5.34. The van der Waals surface area contributed by atoms with Crippen LogP contribution in [0.2, 0.25) is 36.0 Å². The van der Waals surface area contributed by atoms with Crippen LogP contribution < -0.4 is 0 Å². The molecule has 0 saturated carbocycles. The van der Waals surface area contributed by atoms with Crippen molar-refractivity contribution >= 4 is 6.08 Å². The quantitative estimate of drug-likeness (QED) is 0.441. The summed E-state index contributed by atoms with van der Waals surface area (Å²) in [7, 11) is 0. The Bertz CT molecular complexity index is 1010. The summed E-state index contributed by atoms with van der Waals surface area (Å²) in [6.07, 6.45) is 18.3. The molecule has 0 nitrogen and oxygen atoms in total. The van der Waals surface area contributed by atoms with Gasteiger partial charge in [0.05, 0.1) is 0 Å². The number of fused-ring (bicyclic) bond motifs is 2. The fraction of sp³-hybridized carbons (Fsp3) is 0.520. The Hall–Kier alpha value is -0.677. The molecule has 3 aliphatic carbocycles. The minimum absolute atomic E-state index is 0.0350. The van der Waals surface area contributed by atoms with E-state index in [1.807, 2.05) is 0 Å². The first kappa shape index (κ1) is 18.7. The van der Waals surface area contributed by atoms with Crippen LogP contribution in [0.15, 0.2) is 42.5 Å². The third kappa shape index (κ3) is 1.80. The fourth-order valence-corrected chi connectivity index (χ4v) is 24.7. The number of benzene rings is 1. The minimum atomic E-state index is -5.34.